The molecule has 24 heavy (non-hydrogen) atoms. The Hall–Kier alpha value is -2.12. The van der Waals surface area contributed by atoms with Crippen LogP contribution in [-0.4, -0.2) is 45.8 Å². The van der Waals surface area contributed by atoms with Gasteiger partial charge in [-0.25, -0.2) is 0 Å². The third-order valence-corrected chi connectivity index (χ3v) is 4.31. The van der Waals surface area contributed by atoms with Gasteiger partial charge in [0, 0.05) is 0 Å². The molecule has 0 aromatic carbocycles. The zero-order valence-electron chi connectivity index (χ0n) is 14.9. The Balaban J connectivity index is 0. The van der Waals surface area contributed by atoms with Crippen molar-refractivity contribution in [3.8, 4) is 0 Å². The van der Waals surface area contributed by atoms with Gasteiger partial charge in [-0.15, -0.1) is 0 Å². The molecule has 0 radical (unpaired) electrons. The number of ether oxygens (including phenoxy) is 1. The Morgan fingerprint density at radius 1 is 0.667 bits per heavy atom. The first-order valence-electron chi connectivity index (χ1n) is 7.93. The number of rotatable bonds is 9. The van der Waals surface area contributed by atoms with E-state index in [4.69, 9.17) is 20.1 Å². The van der Waals surface area contributed by atoms with Crippen molar-refractivity contribution in [2.75, 3.05) is 6.61 Å². The van der Waals surface area contributed by atoms with Gasteiger partial charge in [-0.1, -0.05) is 27.7 Å². The second kappa shape index (κ2) is 10.6. The molecule has 0 aliphatic heterocycles. The van der Waals surface area contributed by atoms with Crippen LogP contribution in [0.4, 0.5) is 0 Å². The van der Waals surface area contributed by atoms with Gasteiger partial charge >= 0.3 is 23.9 Å². The van der Waals surface area contributed by atoms with Gasteiger partial charge in [-0.2, -0.15) is 0 Å². The maximum Gasteiger partial charge on any atom is 0.323 e. The van der Waals surface area contributed by atoms with Crippen molar-refractivity contribution >= 4 is 23.9 Å². The molecule has 0 aromatic heterocycles. The minimum absolute atomic E-state index is 0.119. The predicted octanol–water partition coefficient (Wildman–Crippen LogP) is 2.40. The van der Waals surface area contributed by atoms with Gasteiger partial charge in [0.2, 0.25) is 0 Å². The van der Waals surface area contributed by atoms with Crippen molar-refractivity contribution in [1.29, 1.82) is 0 Å². The van der Waals surface area contributed by atoms with Gasteiger partial charge in [0.25, 0.3) is 0 Å². The fourth-order valence-corrected chi connectivity index (χ4v) is 2.14. The highest BCUT2D eigenvalue weighted by molar-refractivity contribution is 5.99. The van der Waals surface area contributed by atoms with Crippen LogP contribution in [0.3, 0.4) is 0 Å². The molecule has 0 spiro atoms. The molecule has 0 bridgehead atoms. The average Bonchev–Trinajstić information content (AvgIpc) is 2.50. The summed E-state index contributed by atoms with van der Waals surface area (Å²) >= 11 is 0. The fourth-order valence-electron chi connectivity index (χ4n) is 2.14. The second-order valence-electron chi connectivity index (χ2n) is 5.21. The van der Waals surface area contributed by atoms with Crippen LogP contribution >= 0.6 is 0 Å². The van der Waals surface area contributed by atoms with E-state index in [-0.39, 0.29) is 32.3 Å². The van der Waals surface area contributed by atoms with Gasteiger partial charge in [-0.3, -0.25) is 19.2 Å². The molecule has 0 aromatic rings. The van der Waals surface area contributed by atoms with Crippen LogP contribution in [0.15, 0.2) is 0 Å². The van der Waals surface area contributed by atoms with E-state index < -0.39 is 34.7 Å². The lowest BCUT2D eigenvalue weighted by Gasteiger charge is -2.23. The van der Waals surface area contributed by atoms with Crippen molar-refractivity contribution in [1.82, 2.24) is 0 Å². The third-order valence-electron chi connectivity index (χ3n) is 4.31. The lowest BCUT2D eigenvalue weighted by atomic mass is 9.82. The van der Waals surface area contributed by atoms with Crippen molar-refractivity contribution in [3.05, 3.63) is 0 Å². The van der Waals surface area contributed by atoms with E-state index in [1.54, 1.807) is 34.6 Å². The predicted molar refractivity (Wildman–Crippen MR) is 85.6 cm³/mol. The van der Waals surface area contributed by atoms with Crippen LogP contribution in [0.25, 0.3) is 0 Å². The Morgan fingerprint density at radius 2 is 0.958 bits per heavy atom. The lowest BCUT2D eigenvalue weighted by Crippen LogP contribution is -2.39. The van der Waals surface area contributed by atoms with Crippen molar-refractivity contribution < 1.29 is 39.2 Å². The highest BCUT2D eigenvalue weighted by Crippen LogP contribution is 2.28. The zero-order chi connectivity index (χ0) is 19.6. The Kier molecular flexibility index (Phi) is 10.7. The molecular formula is C16H28O8. The monoisotopic (exact) mass is 348 g/mol. The summed E-state index contributed by atoms with van der Waals surface area (Å²) in [6.07, 6.45) is 0.762. The minimum atomic E-state index is -1.58. The molecule has 0 rings (SSSR count). The van der Waals surface area contributed by atoms with Crippen LogP contribution in [0.1, 0.15) is 60.3 Å². The van der Waals surface area contributed by atoms with Crippen LogP contribution in [0.5, 0.6) is 0 Å². The summed E-state index contributed by atoms with van der Waals surface area (Å²) in [5, 5.41) is 26.1. The van der Waals surface area contributed by atoms with E-state index in [1.807, 2.05) is 0 Å². The highest BCUT2D eigenvalue weighted by atomic mass is 16.5. The van der Waals surface area contributed by atoms with Gasteiger partial charge in [-0.05, 0) is 32.6 Å². The summed E-state index contributed by atoms with van der Waals surface area (Å²) in [5.41, 5.74) is -2.93. The van der Waals surface area contributed by atoms with Crippen LogP contribution in [-0.2, 0) is 23.9 Å². The molecule has 0 amide bonds. The molecule has 0 aliphatic rings. The van der Waals surface area contributed by atoms with E-state index in [1.165, 1.54) is 0 Å². The Morgan fingerprint density at radius 3 is 1.08 bits per heavy atom. The largest absolute Gasteiger partial charge is 0.480 e. The number of carboxylic acids is 3. The highest BCUT2D eigenvalue weighted by Gasteiger charge is 2.44. The quantitative estimate of drug-likeness (QED) is 0.426. The first-order chi connectivity index (χ1) is 11.1. The number of esters is 1. The van der Waals surface area contributed by atoms with Crippen molar-refractivity contribution in [2.24, 2.45) is 10.8 Å². The summed E-state index contributed by atoms with van der Waals surface area (Å²) in [5.74, 6) is -4.24. The van der Waals surface area contributed by atoms with E-state index in [2.05, 4.69) is 0 Å². The molecule has 8 heteroatoms. The molecule has 0 atom stereocenters. The summed E-state index contributed by atoms with van der Waals surface area (Å²) in [7, 11) is 0. The molecule has 0 unspecified atom stereocenters. The van der Waals surface area contributed by atoms with Crippen molar-refractivity contribution in [3.63, 3.8) is 0 Å². The Labute approximate surface area is 141 Å². The molecule has 0 fully saturated rings. The van der Waals surface area contributed by atoms with Crippen LogP contribution < -0.4 is 0 Å². The van der Waals surface area contributed by atoms with E-state index in [0.29, 0.717) is 0 Å². The molecule has 8 nitrogen and oxygen atoms in total. The summed E-state index contributed by atoms with van der Waals surface area (Å²) in [6, 6.07) is 0. The second-order valence-corrected chi connectivity index (χ2v) is 5.21. The maximum absolute atomic E-state index is 11.4. The molecule has 0 saturated carbocycles. The number of carbonyl (C=O) groups excluding carboxylic acids is 1. The fraction of sp³-hybridized carbons (Fsp3) is 0.750. The molecule has 140 valence electrons. The third kappa shape index (κ3) is 5.21. The topological polar surface area (TPSA) is 138 Å². The minimum Gasteiger partial charge on any atom is -0.480 e. The lowest BCUT2D eigenvalue weighted by molar-refractivity contribution is -0.169. The van der Waals surface area contributed by atoms with Crippen LogP contribution in [0.2, 0.25) is 0 Å². The van der Waals surface area contributed by atoms with Gasteiger partial charge in [0.05, 0.1) is 6.61 Å². The molecule has 0 heterocycles. The van der Waals surface area contributed by atoms with Gasteiger partial charge in [0.15, 0.2) is 10.8 Å². The smallest absolute Gasteiger partial charge is 0.323 e. The zero-order valence-corrected chi connectivity index (χ0v) is 14.9. The maximum atomic E-state index is 11.4. The number of carbonyl (C=O) groups is 4. The number of carboxylic acid groups (broad SMARTS) is 3. The summed E-state index contributed by atoms with van der Waals surface area (Å²) < 4.78 is 4.73. The van der Waals surface area contributed by atoms with Crippen LogP contribution in [0, 0.1) is 10.8 Å². The van der Waals surface area contributed by atoms with Crippen molar-refractivity contribution in [2.45, 2.75) is 60.3 Å². The molecule has 0 aliphatic carbocycles. The molecule has 0 saturated heterocycles. The van der Waals surface area contributed by atoms with E-state index in [0.717, 1.165) is 0 Å². The summed E-state index contributed by atoms with van der Waals surface area (Å²) in [6.45, 7) is 8.35. The van der Waals surface area contributed by atoms with Gasteiger partial charge < -0.3 is 20.1 Å². The standard InChI is InChI=1S/C9H16O4.C7H12O4/c1-4-9(5-2,7(10)11)8(12)13-6-3;1-3-7(4-2,5(8)9)6(10)11/h4-6H2,1-3H3,(H,10,11);3-4H2,1-2H3,(H,8,9)(H,10,11). The van der Waals surface area contributed by atoms with E-state index in [9.17, 15) is 19.2 Å². The van der Waals surface area contributed by atoms with E-state index >= 15 is 0 Å². The SMILES string of the molecule is CCC(CC)(C(=O)O)C(=O)O.CCOC(=O)C(CC)(CC)C(=O)O. The molecular weight excluding hydrogens is 320 g/mol. The number of aliphatic carboxylic acids is 3. The normalized spacial score (nSPS) is 11.0. The van der Waals surface area contributed by atoms with Gasteiger partial charge in [0.1, 0.15) is 0 Å². The first kappa shape index (κ1) is 24.1. The Bertz CT molecular complexity index is 431. The number of hydrogen-bond acceptors (Lipinski definition) is 5. The molecule has 3 N–H and O–H groups in total. The number of hydrogen-bond donors (Lipinski definition) is 3. The first-order valence-corrected chi connectivity index (χ1v) is 7.93. The average molecular weight is 348 g/mol. The summed E-state index contributed by atoms with van der Waals surface area (Å²) in [4.78, 5) is 43.4.